The molecule has 1 fully saturated rings. The molecule has 1 spiro atoms. The van der Waals surface area contributed by atoms with E-state index in [4.69, 9.17) is 4.98 Å². The third-order valence-corrected chi connectivity index (χ3v) is 7.02. The van der Waals surface area contributed by atoms with Crippen LogP contribution in [-0.2, 0) is 18.6 Å². The van der Waals surface area contributed by atoms with Crippen LogP contribution in [0.5, 0.6) is 0 Å². The van der Waals surface area contributed by atoms with Gasteiger partial charge in [-0.05, 0) is 37.5 Å². The molecule has 140 valence electrons. The average molecular weight is 379 g/mol. The maximum atomic E-state index is 4.91. The summed E-state index contributed by atoms with van der Waals surface area (Å²) in [7, 11) is 0. The van der Waals surface area contributed by atoms with Crippen LogP contribution in [-0.4, -0.2) is 34.1 Å². The van der Waals surface area contributed by atoms with Gasteiger partial charge in [0.2, 0.25) is 0 Å². The van der Waals surface area contributed by atoms with Gasteiger partial charge in [-0.1, -0.05) is 30.3 Å². The Bertz CT molecular complexity index is 919. The fraction of sp³-hybridized carbons (Fsp3) is 0.409. The molecule has 5 rings (SSSR count). The lowest BCUT2D eigenvalue weighted by Crippen LogP contribution is -2.55. The van der Waals surface area contributed by atoms with E-state index < -0.39 is 0 Å². The van der Waals surface area contributed by atoms with E-state index in [-0.39, 0.29) is 5.54 Å². The van der Waals surface area contributed by atoms with Crippen molar-refractivity contribution in [1.82, 2.24) is 19.8 Å². The molecule has 2 aliphatic rings. The number of piperidine rings is 1. The third kappa shape index (κ3) is 3.14. The summed E-state index contributed by atoms with van der Waals surface area (Å²) in [5, 5.41) is 3.84. The number of rotatable bonds is 3. The van der Waals surface area contributed by atoms with Gasteiger partial charge < -0.3 is 9.88 Å². The second-order valence-electron chi connectivity index (χ2n) is 7.78. The number of hydrogen-bond acceptors (Lipinski definition) is 4. The standard InChI is InChI=1S/C22H26N4S/c1-17-7-8-19(27-17)16-25-12-9-22(10-13-25)21-23-15-20(26(21)14-11-24-22)18-5-3-2-4-6-18/h2-8,15,24H,9-14,16H2,1H3. The molecule has 1 aromatic carbocycles. The van der Waals surface area contributed by atoms with Gasteiger partial charge in [-0.15, -0.1) is 11.3 Å². The zero-order valence-electron chi connectivity index (χ0n) is 15.8. The molecule has 4 heterocycles. The molecule has 1 saturated heterocycles. The Morgan fingerprint density at radius 2 is 1.89 bits per heavy atom. The monoisotopic (exact) mass is 378 g/mol. The van der Waals surface area contributed by atoms with Gasteiger partial charge in [-0.3, -0.25) is 4.90 Å². The molecule has 0 unspecified atom stereocenters. The zero-order chi connectivity index (χ0) is 18.3. The van der Waals surface area contributed by atoms with Crippen LogP contribution >= 0.6 is 11.3 Å². The highest BCUT2D eigenvalue weighted by molar-refractivity contribution is 7.11. The van der Waals surface area contributed by atoms with Crippen molar-refractivity contribution in [3.63, 3.8) is 0 Å². The van der Waals surface area contributed by atoms with Crippen LogP contribution in [0.15, 0.2) is 48.7 Å². The minimum absolute atomic E-state index is 0.0349. The maximum Gasteiger partial charge on any atom is 0.129 e. The summed E-state index contributed by atoms with van der Waals surface area (Å²) in [6.07, 6.45) is 4.32. The van der Waals surface area contributed by atoms with Crippen LogP contribution < -0.4 is 5.32 Å². The maximum absolute atomic E-state index is 4.91. The molecule has 0 aliphatic carbocycles. The Morgan fingerprint density at radius 3 is 2.63 bits per heavy atom. The van der Waals surface area contributed by atoms with Crippen LogP contribution in [0.3, 0.4) is 0 Å². The second-order valence-corrected chi connectivity index (χ2v) is 9.15. The van der Waals surface area contributed by atoms with Crippen molar-refractivity contribution in [2.45, 2.75) is 38.4 Å². The Hall–Kier alpha value is -1.95. The Morgan fingerprint density at radius 1 is 1.07 bits per heavy atom. The first-order chi connectivity index (χ1) is 13.2. The van der Waals surface area contributed by atoms with E-state index >= 15 is 0 Å². The van der Waals surface area contributed by atoms with Gasteiger partial charge in [0.25, 0.3) is 0 Å². The predicted octanol–water partition coefficient (Wildman–Crippen LogP) is 4.01. The molecular formula is C22H26N4S. The molecule has 0 bridgehead atoms. The van der Waals surface area contributed by atoms with E-state index in [1.54, 1.807) is 0 Å². The molecule has 3 aromatic rings. The van der Waals surface area contributed by atoms with Crippen LogP contribution in [0.1, 0.15) is 28.4 Å². The predicted molar refractivity (Wildman–Crippen MR) is 111 cm³/mol. The number of nitrogens with zero attached hydrogens (tertiary/aromatic N) is 3. The van der Waals surface area contributed by atoms with Crippen LogP contribution in [0, 0.1) is 6.92 Å². The SMILES string of the molecule is Cc1ccc(CN2CCC3(CC2)NCCn2c(-c4ccccc4)cnc23)s1. The number of imidazole rings is 1. The summed E-state index contributed by atoms with van der Waals surface area (Å²) in [6, 6.07) is 15.2. The van der Waals surface area contributed by atoms with Crippen molar-refractivity contribution in [3.8, 4) is 11.3 Å². The van der Waals surface area contributed by atoms with Crippen molar-refractivity contribution in [2.75, 3.05) is 19.6 Å². The molecule has 2 aromatic heterocycles. The summed E-state index contributed by atoms with van der Waals surface area (Å²) in [5.41, 5.74) is 2.55. The van der Waals surface area contributed by atoms with Gasteiger partial charge in [-0.25, -0.2) is 4.98 Å². The second kappa shape index (κ2) is 6.89. The van der Waals surface area contributed by atoms with Crippen molar-refractivity contribution >= 4 is 11.3 Å². The van der Waals surface area contributed by atoms with E-state index in [0.29, 0.717) is 0 Å². The summed E-state index contributed by atoms with van der Waals surface area (Å²) in [4.78, 5) is 10.4. The number of benzene rings is 1. The Balaban J connectivity index is 1.36. The fourth-order valence-corrected chi connectivity index (χ4v) is 5.53. The fourth-order valence-electron chi connectivity index (χ4n) is 4.59. The topological polar surface area (TPSA) is 33.1 Å². The molecule has 2 aliphatic heterocycles. The normalized spacial score (nSPS) is 19.3. The highest BCUT2D eigenvalue weighted by Gasteiger charge is 2.41. The van der Waals surface area contributed by atoms with Crippen LogP contribution in [0.4, 0.5) is 0 Å². The van der Waals surface area contributed by atoms with Gasteiger partial charge in [-0.2, -0.15) is 0 Å². The van der Waals surface area contributed by atoms with Crippen molar-refractivity contribution in [3.05, 3.63) is 64.2 Å². The minimum atomic E-state index is 0.0349. The number of nitrogens with one attached hydrogen (secondary N) is 1. The number of fused-ring (bicyclic) bond motifs is 2. The lowest BCUT2D eigenvalue weighted by molar-refractivity contribution is 0.109. The molecule has 0 amide bonds. The Labute approximate surface area is 164 Å². The average Bonchev–Trinajstić information content (AvgIpc) is 3.32. The van der Waals surface area contributed by atoms with Crippen molar-refractivity contribution < 1.29 is 0 Å². The third-order valence-electron chi connectivity index (χ3n) is 6.04. The minimum Gasteiger partial charge on any atom is -0.325 e. The summed E-state index contributed by atoms with van der Waals surface area (Å²) in [6.45, 7) is 7.54. The van der Waals surface area contributed by atoms with Crippen LogP contribution in [0.2, 0.25) is 0 Å². The zero-order valence-corrected chi connectivity index (χ0v) is 16.6. The van der Waals surface area contributed by atoms with E-state index in [0.717, 1.165) is 45.6 Å². The molecule has 4 nitrogen and oxygen atoms in total. The first-order valence-electron chi connectivity index (χ1n) is 9.88. The summed E-state index contributed by atoms with van der Waals surface area (Å²) < 4.78 is 2.45. The van der Waals surface area contributed by atoms with Gasteiger partial charge in [0, 0.05) is 42.5 Å². The smallest absolute Gasteiger partial charge is 0.129 e. The van der Waals surface area contributed by atoms with Gasteiger partial charge in [0.15, 0.2) is 0 Å². The number of aryl methyl sites for hydroxylation is 1. The highest BCUT2D eigenvalue weighted by atomic mass is 32.1. The number of likely N-dealkylation sites (tertiary alicyclic amines) is 1. The van der Waals surface area contributed by atoms with Crippen molar-refractivity contribution in [1.29, 1.82) is 0 Å². The van der Waals surface area contributed by atoms with Crippen LogP contribution in [0.25, 0.3) is 11.3 Å². The largest absolute Gasteiger partial charge is 0.325 e. The van der Waals surface area contributed by atoms with Crippen molar-refractivity contribution in [2.24, 2.45) is 0 Å². The first-order valence-corrected chi connectivity index (χ1v) is 10.7. The van der Waals surface area contributed by atoms with Gasteiger partial charge in [0.1, 0.15) is 5.82 Å². The van der Waals surface area contributed by atoms with E-state index in [9.17, 15) is 0 Å². The lowest BCUT2D eigenvalue weighted by Gasteiger charge is -2.44. The number of aromatic nitrogens is 2. The lowest BCUT2D eigenvalue weighted by atomic mass is 9.85. The quantitative estimate of drug-likeness (QED) is 0.747. The van der Waals surface area contributed by atoms with E-state index in [1.165, 1.54) is 26.8 Å². The molecule has 27 heavy (non-hydrogen) atoms. The van der Waals surface area contributed by atoms with Gasteiger partial charge >= 0.3 is 0 Å². The summed E-state index contributed by atoms with van der Waals surface area (Å²) >= 11 is 1.92. The molecule has 1 N–H and O–H groups in total. The van der Waals surface area contributed by atoms with E-state index in [1.807, 2.05) is 11.3 Å². The number of hydrogen-bond donors (Lipinski definition) is 1. The number of thiophene rings is 1. The molecule has 5 heteroatoms. The first kappa shape index (κ1) is 17.2. The molecule has 0 radical (unpaired) electrons. The molecule has 0 saturated carbocycles. The van der Waals surface area contributed by atoms with E-state index in [2.05, 4.69) is 70.4 Å². The summed E-state index contributed by atoms with van der Waals surface area (Å²) in [5.74, 6) is 1.24. The Kier molecular flexibility index (Phi) is 4.38. The van der Waals surface area contributed by atoms with Gasteiger partial charge in [0.05, 0.1) is 17.4 Å². The molecule has 0 atom stereocenters. The highest BCUT2D eigenvalue weighted by Crippen LogP contribution is 2.37. The molecular weight excluding hydrogens is 352 g/mol.